The molecule has 0 saturated heterocycles. The van der Waals surface area contributed by atoms with Crippen LogP contribution in [0.4, 0.5) is 0 Å². The Balaban J connectivity index is 1.72. The Bertz CT molecular complexity index is 995. The quantitative estimate of drug-likeness (QED) is 0.246. The summed E-state index contributed by atoms with van der Waals surface area (Å²) in [5.41, 5.74) is 4.83. The van der Waals surface area contributed by atoms with Crippen molar-refractivity contribution in [2.45, 2.75) is 13.5 Å². The lowest BCUT2D eigenvalue weighted by molar-refractivity contribution is 0.303. The van der Waals surface area contributed by atoms with Gasteiger partial charge in [0.15, 0.2) is 5.11 Å². The molecule has 0 radical (unpaired) electrons. The number of nitrogens with zero attached hydrogens (tertiary/aromatic N) is 1. The predicted octanol–water partition coefficient (Wildman–Crippen LogP) is 5.76. The molecule has 0 heterocycles. The SMILES string of the molecule is CCNC(=S)N/N=C\c1cc(Br)c(OCc2cccc3ccccc23)c(Br)c1. The van der Waals surface area contributed by atoms with E-state index in [1.54, 1.807) is 6.21 Å². The van der Waals surface area contributed by atoms with E-state index in [4.69, 9.17) is 17.0 Å². The fourth-order valence-electron chi connectivity index (χ4n) is 2.73. The number of thiocarbonyl (C=S) groups is 1. The minimum atomic E-state index is 0.477. The van der Waals surface area contributed by atoms with E-state index in [1.807, 2.05) is 31.2 Å². The van der Waals surface area contributed by atoms with Gasteiger partial charge in [-0.3, -0.25) is 5.43 Å². The van der Waals surface area contributed by atoms with Gasteiger partial charge in [0.25, 0.3) is 0 Å². The zero-order chi connectivity index (χ0) is 19.9. The maximum absolute atomic E-state index is 6.11. The summed E-state index contributed by atoms with van der Waals surface area (Å²) in [4.78, 5) is 0. The molecule has 4 nitrogen and oxygen atoms in total. The van der Waals surface area contributed by atoms with Crippen molar-refractivity contribution in [1.29, 1.82) is 0 Å². The van der Waals surface area contributed by atoms with Crippen LogP contribution in [0, 0.1) is 0 Å². The minimum absolute atomic E-state index is 0.477. The number of halogens is 2. The average Bonchev–Trinajstić information content (AvgIpc) is 2.67. The predicted molar refractivity (Wildman–Crippen MR) is 127 cm³/mol. The topological polar surface area (TPSA) is 45.7 Å². The van der Waals surface area contributed by atoms with E-state index in [2.05, 4.69) is 78.0 Å². The van der Waals surface area contributed by atoms with E-state index in [9.17, 15) is 0 Å². The van der Waals surface area contributed by atoms with Crippen LogP contribution in [-0.4, -0.2) is 17.9 Å². The summed E-state index contributed by atoms with van der Waals surface area (Å²) < 4.78 is 7.80. The summed E-state index contributed by atoms with van der Waals surface area (Å²) in [6.45, 7) is 3.20. The van der Waals surface area contributed by atoms with Gasteiger partial charge < -0.3 is 10.1 Å². The van der Waals surface area contributed by atoms with Crippen molar-refractivity contribution < 1.29 is 4.74 Å². The number of hydrazone groups is 1. The first-order valence-corrected chi connectivity index (χ1v) is 10.7. The number of hydrogen-bond donors (Lipinski definition) is 2. The first kappa shape index (κ1) is 20.8. The van der Waals surface area contributed by atoms with E-state index in [0.717, 1.165) is 32.4 Å². The second-order valence-electron chi connectivity index (χ2n) is 5.97. The lowest BCUT2D eigenvalue weighted by Crippen LogP contribution is -2.31. The van der Waals surface area contributed by atoms with Crippen molar-refractivity contribution in [3.8, 4) is 5.75 Å². The molecule has 0 saturated carbocycles. The zero-order valence-electron chi connectivity index (χ0n) is 15.2. The largest absolute Gasteiger partial charge is 0.487 e. The molecule has 0 unspecified atom stereocenters. The van der Waals surface area contributed by atoms with Crippen LogP contribution in [-0.2, 0) is 6.61 Å². The molecule has 0 fully saturated rings. The summed E-state index contributed by atoms with van der Waals surface area (Å²) in [6, 6.07) is 18.4. The second kappa shape index (κ2) is 10.0. The lowest BCUT2D eigenvalue weighted by Gasteiger charge is -2.13. The molecule has 0 spiro atoms. The molecule has 144 valence electrons. The van der Waals surface area contributed by atoms with Gasteiger partial charge in [-0.1, -0.05) is 42.5 Å². The Kier molecular flexibility index (Phi) is 7.42. The maximum atomic E-state index is 6.11. The molecule has 0 aliphatic carbocycles. The highest BCUT2D eigenvalue weighted by molar-refractivity contribution is 9.11. The third-order valence-corrected chi connectivity index (χ3v) is 5.40. The van der Waals surface area contributed by atoms with Gasteiger partial charge in [-0.25, -0.2) is 0 Å². The van der Waals surface area contributed by atoms with Crippen molar-refractivity contribution >= 4 is 66.2 Å². The number of fused-ring (bicyclic) bond motifs is 1. The van der Waals surface area contributed by atoms with Crippen LogP contribution in [0.15, 0.2) is 68.6 Å². The van der Waals surface area contributed by atoms with E-state index in [-0.39, 0.29) is 0 Å². The highest BCUT2D eigenvalue weighted by Crippen LogP contribution is 2.35. The molecule has 0 amide bonds. The van der Waals surface area contributed by atoms with Crippen LogP contribution in [0.25, 0.3) is 10.8 Å². The monoisotopic (exact) mass is 519 g/mol. The highest BCUT2D eigenvalue weighted by Gasteiger charge is 2.10. The smallest absolute Gasteiger partial charge is 0.186 e. The van der Waals surface area contributed by atoms with Crippen molar-refractivity contribution in [2.75, 3.05) is 6.54 Å². The Hall–Kier alpha value is -1.96. The molecule has 28 heavy (non-hydrogen) atoms. The molecule has 2 N–H and O–H groups in total. The first-order chi connectivity index (χ1) is 13.6. The molecule has 3 aromatic carbocycles. The van der Waals surface area contributed by atoms with Gasteiger partial charge >= 0.3 is 0 Å². The van der Waals surface area contributed by atoms with E-state index >= 15 is 0 Å². The molecular formula is C21H19Br2N3OS. The zero-order valence-corrected chi connectivity index (χ0v) is 19.2. The van der Waals surface area contributed by atoms with E-state index in [0.29, 0.717) is 11.7 Å². The Morgan fingerprint density at radius 1 is 1.11 bits per heavy atom. The molecule has 0 bridgehead atoms. The molecule has 3 aromatic rings. The summed E-state index contributed by atoms with van der Waals surface area (Å²) in [7, 11) is 0. The van der Waals surface area contributed by atoms with Crippen molar-refractivity contribution in [3.05, 3.63) is 74.7 Å². The van der Waals surface area contributed by atoms with Crippen LogP contribution in [0.3, 0.4) is 0 Å². The second-order valence-corrected chi connectivity index (χ2v) is 8.09. The Morgan fingerprint density at radius 3 is 2.57 bits per heavy atom. The molecule has 0 atom stereocenters. The van der Waals surface area contributed by atoms with Gasteiger partial charge in [0.05, 0.1) is 15.2 Å². The van der Waals surface area contributed by atoms with Gasteiger partial charge in [-0.2, -0.15) is 5.10 Å². The van der Waals surface area contributed by atoms with Crippen LogP contribution < -0.4 is 15.5 Å². The minimum Gasteiger partial charge on any atom is -0.487 e. The molecule has 7 heteroatoms. The number of rotatable bonds is 6. The van der Waals surface area contributed by atoms with Crippen LogP contribution >= 0.6 is 44.1 Å². The van der Waals surface area contributed by atoms with Gasteiger partial charge in [0.2, 0.25) is 0 Å². The van der Waals surface area contributed by atoms with Crippen molar-refractivity contribution in [2.24, 2.45) is 5.10 Å². The van der Waals surface area contributed by atoms with E-state index < -0.39 is 0 Å². The molecular weight excluding hydrogens is 502 g/mol. The Labute approximate surface area is 186 Å². The highest BCUT2D eigenvalue weighted by atomic mass is 79.9. The molecule has 3 rings (SSSR count). The van der Waals surface area contributed by atoms with Gasteiger partial charge in [-0.05, 0) is 85.0 Å². The van der Waals surface area contributed by atoms with Crippen molar-refractivity contribution in [1.82, 2.24) is 10.7 Å². The summed E-state index contributed by atoms with van der Waals surface area (Å²) in [5, 5.41) is 10.0. The average molecular weight is 521 g/mol. The molecule has 0 aliphatic rings. The fraction of sp³-hybridized carbons (Fsp3) is 0.143. The number of nitrogens with one attached hydrogen (secondary N) is 2. The number of ether oxygens (including phenoxy) is 1. The van der Waals surface area contributed by atoms with Crippen LogP contribution in [0.1, 0.15) is 18.1 Å². The van der Waals surface area contributed by atoms with Crippen molar-refractivity contribution in [3.63, 3.8) is 0 Å². The third-order valence-electron chi connectivity index (χ3n) is 3.99. The molecule has 0 aliphatic heterocycles. The standard InChI is InChI=1S/C21H19Br2N3OS/c1-2-24-21(28)26-25-12-14-10-18(22)20(19(23)11-14)27-13-16-8-5-7-15-6-3-4-9-17(15)16/h3-12H,2,13H2,1H3,(H2,24,26,28)/b25-12-. The Morgan fingerprint density at radius 2 is 1.82 bits per heavy atom. The summed E-state index contributed by atoms with van der Waals surface area (Å²) in [5.74, 6) is 0.751. The normalized spacial score (nSPS) is 11.0. The maximum Gasteiger partial charge on any atom is 0.186 e. The van der Waals surface area contributed by atoms with Gasteiger partial charge in [-0.15, -0.1) is 0 Å². The fourth-order valence-corrected chi connectivity index (χ4v) is 4.37. The third kappa shape index (κ3) is 5.31. The summed E-state index contributed by atoms with van der Waals surface area (Å²) >= 11 is 12.3. The molecule has 0 aromatic heterocycles. The number of hydrogen-bond acceptors (Lipinski definition) is 3. The summed E-state index contributed by atoms with van der Waals surface area (Å²) in [6.07, 6.45) is 1.70. The van der Waals surface area contributed by atoms with E-state index in [1.165, 1.54) is 10.8 Å². The first-order valence-electron chi connectivity index (χ1n) is 8.74. The lowest BCUT2D eigenvalue weighted by atomic mass is 10.1. The van der Waals surface area contributed by atoms with Crippen LogP contribution in [0.2, 0.25) is 0 Å². The van der Waals surface area contributed by atoms with Crippen LogP contribution in [0.5, 0.6) is 5.75 Å². The van der Waals surface area contributed by atoms with Gasteiger partial charge in [0.1, 0.15) is 12.4 Å². The number of benzene rings is 3. The van der Waals surface area contributed by atoms with Gasteiger partial charge in [0, 0.05) is 6.54 Å².